The number of rotatable bonds is 5. The van der Waals surface area contributed by atoms with Gasteiger partial charge in [-0.2, -0.15) is 5.10 Å². The number of nitrogens with zero attached hydrogens (tertiary/aromatic N) is 4. The van der Waals surface area contributed by atoms with Crippen LogP contribution in [0.25, 0.3) is 22.6 Å². The lowest BCUT2D eigenvalue weighted by Gasteiger charge is -2.20. The number of allylic oxidation sites excluding steroid dienone is 1. The van der Waals surface area contributed by atoms with Crippen molar-refractivity contribution in [2.75, 3.05) is 14.2 Å². The summed E-state index contributed by atoms with van der Waals surface area (Å²) in [5.74, 6) is 0.844. The summed E-state index contributed by atoms with van der Waals surface area (Å²) >= 11 is 0. The number of carbonyl (C=O) groups is 1. The molecule has 2 heterocycles. The van der Waals surface area contributed by atoms with Crippen LogP contribution in [0.15, 0.2) is 60.9 Å². The average Bonchev–Trinajstić information content (AvgIpc) is 3.43. The van der Waals surface area contributed by atoms with E-state index >= 15 is 0 Å². The van der Waals surface area contributed by atoms with Crippen LogP contribution >= 0.6 is 0 Å². The molecule has 6 nitrogen and oxygen atoms in total. The highest BCUT2D eigenvalue weighted by Crippen LogP contribution is 2.38. The minimum absolute atomic E-state index is 0.0133. The number of methoxy groups -OCH3 is 1. The third kappa shape index (κ3) is 4.00. The Kier molecular flexibility index (Phi) is 5.42. The molecule has 2 aromatic heterocycles. The molecule has 6 heteroatoms. The number of amides is 1. The molecule has 1 aliphatic carbocycles. The predicted molar refractivity (Wildman–Crippen MR) is 130 cm³/mol. The van der Waals surface area contributed by atoms with E-state index in [0.717, 1.165) is 63.0 Å². The zero-order chi connectivity index (χ0) is 22.9. The Morgan fingerprint density at radius 2 is 1.94 bits per heavy atom. The van der Waals surface area contributed by atoms with Crippen molar-refractivity contribution < 1.29 is 9.53 Å². The molecular weight excluding hydrogens is 412 g/mol. The van der Waals surface area contributed by atoms with E-state index in [1.54, 1.807) is 22.9 Å². The SMILES string of the molecule is COc1ccc(C=C2CCc3c2nc2ccccc2c3C(=O)N(C)Cc2cnn(C)c2)cc1. The van der Waals surface area contributed by atoms with Gasteiger partial charge in [0.15, 0.2) is 0 Å². The second-order valence-corrected chi connectivity index (χ2v) is 8.46. The van der Waals surface area contributed by atoms with Crippen molar-refractivity contribution in [2.24, 2.45) is 7.05 Å². The molecular formula is C27H26N4O2. The lowest BCUT2D eigenvalue weighted by Crippen LogP contribution is -2.27. The lowest BCUT2D eigenvalue weighted by molar-refractivity contribution is 0.0786. The Balaban J connectivity index is 1.56. The number of hydrogen-bond donors (Lipinski definition) is 0. The Morgan fingerprint density at radius 1 is 1.15 bits per heavy atom. The molecule has 0 unspecified atom stereocenters. The van der Waals surface area contributed by atoms with Crippen LogP contribution in [0.4, 0.5) is 0 Å². The summed E-state index contributed by atoms with van der Waals surface area (Å²) in [7, 11) is 5.39. The van der Waals surface area contributed by atoms with Gasteiger partial charge in [0, 0.05) is 37.8 Å². The van der Waals surface area contributed by atoms with Crippen molar-refractivity contribution in [1.82, 2.24) is 19.7 Å². The summed E-state index contributed by atoms with van der Waals surface area (Å²) in [6.07, 6.45) is 7.57. The Morgan fingerprint density at radius 3 is 2.67 bits per heavy atom. The van der Waals surface area contributed by atoms with E-state index in [4.69, 9.17) is 9.72 Å². The number of hydrogen-bond acceptors (Lipinski definition) is 4. The molecule has 166 valence electrons. The van der Waals surface area contributed by atoms with Crippen LogP contribution in [-0.4, -0.2) is 39.7 Å². The van der Waals surface area contributed by atoms with Crippen LogP contribution < -0.4 is 4.74 Å². The highest BCUT2D eigenvalue weighted by molar-refractivity contribution is 6.09. The number of aromatic nitrogens is 3. The largest absolute Gasteiger partial charge is 0.497 e. The van der Waals surface area contributed by atoms with Crippen molar-refractivity contribution >= 4 is 28.5 Å². The molecule has 33 heavy (non-hydrogen) atoms. The minimum Gasteiger partial charge on any atom is -0.497 e. The third-order valence-corrected chi connectivity index (χ3v) is 6.14. The zero-order valence-electron chi connectivity index (χ0n) is 19.1. The first-order valence-corrected chi connectivity index (χ1v) is 11.0. The molecule has 0 spiro atoms. The van der Waals surface area contributed by atoms with Crippen molar-refractivity contribution in [2.45, 2.75) is 19.4 Å². The highest BCUT2D eigenvalue weighted by atomic mass is 16.5. The first-order valence-electron chi connectivity index (χ1n) is 11.0. The topological polar surface area (TPSA) is 60.2 Å². The number of carbonyl (C=O) groups excluding carboxylic acids is 1. The van der Waals surface area contributed by atoms with Crippen molar-refractivity contribution in [3.63, 3.8) is 0 Å². The van der Waals surface area contributed by atoms with Crippen LogP contribution in [0, 0.1) is 0 Å². The fraction of sp³-hybridized carbons (Fsp3) is 0.222. The number of ether oxygens (including phenoxy) is 1. The van der Waals surface area contributed by atoms with E-state index in [-0.39, 0.29) is 5.91 Å². The van der Waals surface area contributed by atoms with E-state index in [2.05, 4.69) is 11.2 Å². The van der Waals surface area contributed by atoms with Gasteiger partial charge in [0.1, 0.15) is 5.75 Å². The molecule has 1 aliphatic rings. The standard InChI is InChI=1S/C27H26N4O2/c1-30(16-19-15-28-31(2)17-19)27(32)25-22-6-4-5-7-24(22)29-26-20(10-13-23(25)26)14-18-8-11-21(33-3)12-9-18/h4-9,11-12,14-15,17H,10,13,16H2,1-3H3. The average molecular weight is 439 g/mol. The molecule has 5 rings (SSSR count). The maximum absolute atomic E-state index is 13.7. The van der Waals surface area contributed by atoms with Crippen LogP contribution in [0.5, 0.6) is 5.75 Å². The van der Waals surface area contributed by atoms with Gasteiger partial charge in [0.2, 0.25) is 0 Å². The van der Waals surface area contributed by atoms with E-state index < -0.39 is 0 Å². The molecule has 2 aromatic carbocycles. The van der Waals surface area contributed by atoms with Gasteiger partial charge in [-0.05, 0) is 53.8 Å². The summed E-state index contributed by atoms with van der Waals surface area (Å²) in [6.45, 7) is 0.507. The summed E-state index contributed by atoms with van der Waals surface area (Å²) in [5.41, 5.74) is 6.83. The number of para-hydroxylation sites is 1. The second kappa shape index (κ2) is 8.54. The quantitative estimate of drug-likeness (QED) is 0.452. The number of aryl methyl sites for hydroxylation is 1. The normalized spacial score (nSPS) is 14.0. The number of benzene rings is 2. The zero-order valence-corrected chi connectivity index (χ0v) is 19.1. The Labute approximate surface area is 193 Å². The number of fused-ring (bicyclic) bond motifs is 2. The summed E-state index contributed by atoms with van der Waals surface area (Å²) in [6, 6.07) is 15.9. The first-order chi connectivity index (χ1) is 16.0. The van der Waals surface area contributed by atoms with Crippen LogP contribution in [0.3, 0.4) is 0 Å². The molecule has 0 saturated carbocycles. The Bertz CT molecular complexity index is 1370. The molecule has 0 aliphatic heterocycles. The molecule has 0 N–H and O–H groups in total. The van der Waals surface area contributed by atoms with Crippen LogP contribution in [0.1, 0.15) is 39.2 Å². The second-order valence-electron chi connectivity index (χ2n) is 8.46. The summed E-state index contributed by atoms with van der Waals surface area (Å²) in [5, 5.41) is 5.13. The fourth-order valence-electron chi connectivity index (χ4n) is 4.51. The van der Waals surface area contributed by atoms with Gasteiger partial charge in [0.25, 0.3) is 5.91 Å². The van der Waals surface area contributed by atoms with Gasteiger partial charge in [-0.3, -0.25) is 9.48 Å². The molecule has 1 amide bonds. The summed E-state index contributed by atoms with van der Waals surface area (Å²) < 4.78 is 7.02. The monoisotopic (exact) mass is 438 g/mol. The number of pyridine rings is 1. The van der Waals surface area contributed by atoms with E-state index in [1.165, 1.54) is 0 Å². The molecule has 0 saturated heterocycles. The fourth-order valence-corrected chi connectivity index (χ4v) is 4.51. The smallest absolute Gasteiger partial charge is 0.254 e. The van der Waals surface area contributed by atoms with Crippen molar-refractivity contribution in [3.05, 3.63) is 88.9 Å². The van der Waals surface area contributed by atoms with E-state index in [9.17, 15) is 4.79 Å². The third-order valence-electron chi connectivity index (χ3n) is 6.14. The van der Waals surface area contributed by atoms with Gasteiger partial charge >= 0.3 is 0 Å². The van der Waals surface area contributed by atoms with Gasteiger partial charge in [-0.1, -0.05) is 30.3 Å². The maximum Gasteiger partial charge on any atom is 0.254 e. The molecule has 0 radical (unpaired) electrons. The maximum atomic E-state index is 13.7. The Hall–Kier alpha value is -3.93. The molecule has 4 aromatic rings. The van der Waals surface area contributed by atoms with Crippen molar-refractivity contribution in [3.8, 4) is 5.75 Å². The molecule has 0 atom stereocenters. The van der Waals surface area contributed by atoms with Crippen LogP contribution in [0.2, 0.25) is 0 Å². The van der Waals surface area contributed by atoms with E-state index in [0.29, 0.717) is 6.54 Å². The molecule has 0 bridgehead atoms. The molecule has 0 fully saturated rings. The highest BCUT2D eigenvalue weighted by Gasteiger charge is 2.28. The minimum atomic E-state index is 0.0133. The van der Waals surface area contributed by atoms with Gasteiger partial charge in [-0.15, -0.1) is 0 Å². The predicted octanol–water partition coefficient (Wildman–Crippen LogP) is 4.74. The lowest BCUT2D eigenvalue weighted by atomic mass is 9.99. The van der Waals surface area contributed by atoms with Crippen LogP contribution in [-0.2, 0) is 20.0 Å². The summed E-state index contributed by atoms with van der Waals surface area (Å²) in [4.78, 5) is 20.5. The van der Waals surface area contributed by atoms with Gasteiger partial charge in [-0.25, -0.2) is 4.98 Å². The van der Waals surface area contributed by atoms with E-state index in [1.807, 2.05) is 68.8 Å². The first kappa shape index (κ1) is 20.9. The van der Waals surface area contributed by atoms with Gasteiger partial charge in [0.05, 0.1) is 30.1 Å². The van der Waals surface area contributed by atoms with Gasteiger partial charge < -0.3 is 9.64 Å². The van der Waals surface area contributed by atoms with Crippen molar-refractivity contribution in [1.29, 1.82) is 0 Å².